The van der Waals surface area contributed by atoms with E-state index in [2.05, 4.69) is 14.6 Å². The Hall–Kier alpha value is -5.10. The molecular formula is C36H31F3N5O8PS. The lowest BCUT2D eigenvalue weighted by Crippen LogP contribution is -2.47. The number of thioether (sulfide) groups is 1. The van der Waals surface area contributed by atoms with Crippen molar-refractivity contribution in [1.82, 2.24) is 14.8 Å². The van der Waals surface area contributed by atoms with Crippen molar-refractivity contribution in [2.45, 2.75) is 42.5 Å². The smallest absolute Gasteiger partial charge is 0.447 e. The summed E-state index contributed by atoms with van der Waals surface area (Å²) in [5.74, 6) is -3.53. The van der Waals surface area contributed by atoms with Gasteiger partial charge in [-0.2, -0.15) is 15.6 Å². The summed E-state index contributed by atoms with van der Waals surface area (Å²) in [6.07, 6.45) is 8.10. The Morgan fingerprint density at radius 1 is 1.07 bits per heavy atom. The number of hydrogen-bond donors (Lipinski definition) is 2. The molecule has 5 rings (SSSR count). The van der Waals surface area contributed by atoms with E-state index in [1.54, 1.807) is 25.2 Å². The number of aromatic nitrogens is 3. The summed E-state index contributed by atoms with van der Waals surface area (Å²) in [5.41, 5.74) is -1.94. The summed E-state index contributed by atoms with van der Waals surface area (Å²) < 4.78 is 79.6. The zero-order valence-corrected chi connectivity index (χ0v) is 30.0. The summed E-state index contributed by atoms with van der Waals surface area (Å²) in [4.78, 5) is 36.6. The Kier molecular flexibility index (Phi) is 13.2. The molecule has 1 aromatic heterocycles. The number of phosphoric acid groups is 1. The van der Waals surface area contributed by atoms with Gasteiger partial charge in [-0.1, -0.05) is 24.3 Å². The van der Waals surface area contributed by atoms with E-state index in [9.17, 15) is 33.2 Å². The zero-order chi connectivity index (χ0) is 38.9. The van der Waals surface area contributed by atoms with E-state index in [1.807, 2.05) is 12.1 Å². The molecule has 54 heavy (non-hydrogen) atoms. The fraction of sp³-hybridized carbons (Fsp3) is 0.250. The van der Waals surface area contributed by atoms with E-state index in [0.717, 1.165) is 18.2 Å². The van der Waals surface area contributed by atoms with Gasteiger partial charge >= 0.3 is 13.8 Å². The minimum Gasteiger partial charge on any atom is -0.447 e. The molecule has 0 amide bonds. The lowest BCUT2D eigenvalue weighted by atomic mass is 9.89. The lowest BCUT2D eigenvalue weighted by Gasteiger charge is -2.40. The number of benzene rings is 3. The third-order valence-corrected chi connectivity index (χ3v) is 10.0. The molecule has 1 fully saturated rings. The quantitative estimate of drug-likeness (QED) is 0.0870. The van der Waals surface area contributed by atoms with Crippen molar-refractivity contribution in [3.63, 3.8) is 0 Å². The summed E-state index contributed by atoms with van der Waals surface area (Å²) in [5, 5.41) is 21.2. The Morgan fingerprint density at radius 2 is 1.80 bits per heavy atom. The molecule has 13 nitrogen and oxygen atoms in total. The summed E-state index contributed by atoms with van der Waals surface area (Å²) in [7, 11) is -5.01. The normalized spacial score (nSPS) is 17.9. The molecule has 3 aromatic carbocycles. The van der Waals surface area contributed by atoms with Crippen LogP contribution in [0, 0.1) is 40.1 Å². The maximum absolute atomic E-state index is 15.8. The first-order valence-electron chi connectivity index (χ1n) is 16.0. The molecule has 2 atom stereocenters. The number of esters is 1. The number of ether oxygens (including phenoxy) is 3. The Labute approximate surface area is 311 Å². The third-order valence-electron chi connectivity index (χ3n) is 8.10. The van der Waals surface area contributed by atoms with Crippen LogP contribution in [0.15, 0.2) is 85.5 Å². The van der Waals surface area contributed by atoms with Crippen LogP contribution >= 0.6 is 19.6 Å². The number of nitrogens with zero attached hydrogens (tertiary/aromatic N) is 5. The maximum Gasteiger partial charge on any atom is 0.469 e. The minimum absolute atomic E-state index is 0.0555. The molecule has 18 heteroatoms. The van der Waals surface area contributed by atoms with Gasteiger partial charge in [0.15, 0.2) is 11.9 Å². The van der Waals surface area contributed by atoms with Gasteiger partial charge in [0.1, 0.15) is 30.1 Å². The average Bonchev–Trinajstić information content (AvgIpc) is 3.65. The summed E-state index contributed by atoms with van der Waals surface area (Å²) >= 11 is 1.23. The van der Waals surface area contributed by atoms with E-state index in [0.29, 0.717) is 6.07 Å². The van der Waals surface area contributed by atoms with Crippen LogP contribution in [0.2, 0.25) is 0 Å². The summed E-state index contributed by atoms with van der Waals surface area (Å²) in [6.45, 7) is 0.844. The molecule has 4 aromatic rings. The van der Waals surface area contributed by atoms with Gasteiger partial charge in [-0.05, 0) is 61.0 Å². The highest BCUT2D eigenvalue weighted by Gasteiger charge is 2.47. The van der Waals surface area contributed by atoms with Crippen molar-refractivity contribution < 1.29 is 51.1 Å². The molecule has 2 heterocycles. The van der Waals surface area contributed by atoms with Gasteiger partial charge in [-0.25, -0.2) is 32.2 Å². The number of rotatable bonds is 14. The average molecular weight is 782 g/mol. The van der Waals surface area contributed by atoms with Crippen LogP contribution in [0.25, 0.3) is 6.08 Å². The minimum atomic E-state index is -5.01. The van der Waals surface area contributed by atoms with Gasteiger partial charge in [0.25, 0.3) is 0 Å². The van der Waals surface area contributed by atoms with Crippen molar-refractivity contribution in [3.05, 3.63) is 136 Å². The second-order valence-corrected chi connectivity index (χ2v) is 14.7. The van der Waals surface area contributed by atoms with Crippen LogP contribution in [0.4, 0.5) is 13.2 Å². The highest BCUT2D eigenvalue weighted by atomic mass is 32.2. The molecule has 0 radical (unpaired) electrons. The number of nitriles is 2. The van der Waals surface area contributed by atoms with Crippen LogP contribution in [-0.2, 0) is 42.1 Å². The predicted octanol–water partition coefficient (Wildman–Crippen LogP) is 5.93. The van der Waals surface area contributed by atoms with Crippen molar-refractivity contribution in [2.24, 2.45) is 0 Å². The molecule has 0 saturated carbocycles. The van der Waals surface area contributed by atoms with Crippen LogP contribution in [-0.4, -0.2) is 60.5 Å². The van der Waals surface area contributed by atoms with Gasteiger partial charge in [0.2, 0.25) is 0 Å². The SMILES string of the molecule is C[C@@H](SC1COC(C=CC=Cc2ccc(C#N)cc2F)OC1)[C@@](Cn1cncn1)(OC(=O)c1ccc(C#N)cc1COP(=O)(O)O)c1ccc(F)cc1F. The van der Waals surface area contributed by atoms with E-state index in [1.165, 1.54) is 65.5 Å². The Bertz CT molecular complexity index is 2160. The van der Waals surface area contributed by atoms with Crippen molar-refractivity contribution in [1.29, 1.82) is 10.5 Å². The van der Waals surface area contributed by atoms with E-state index in [-0.39, 0.29) is 53.1 Å². The second-order valence-electron chi connectivity index (χ2n) is 11.8. The zero-order valence-electron chi connectivity index (χ0n) is 28.3. The summed E-state index contributed by atoms with van der Waals surface area (Å²) in [6, 6.07) is 14.4. The van der Waals surface area contributed by atoms with Crippen LogP contribution < -0.4 is 0 Å². The van der Waals surface area contributed by atoms with E-state index >= 15 is 4.39 Å². The van der Waals surface area contributed by atoms with Gasteiger partial charge in [0.05, 0.1) is 60.4 Å². The number of carbonyl (C=O) groups is 1. The van der Waals surface area contributed by atoms with Gasteiger partial charge in [-0.15, -0.1) is 11.8 Å². The fourth-order valence-electron chi connectivity index (χ4n) is 5.48. The first-order chi connectivity index (χ1) is 25.8. The second kappa shape index (κ2) is 17.8. The molecule has 280 valence electrons. The molecule has 0 aliphatic carbocycles. The molecular weight excluding hydrogens is 750 g/mol. The topological polar surface area (TPSA) is 190 Å². The first-order valence-corrected chi connectivity index (χ1v) is 18.4. The largest absolute Gasteiger partial charge is 0.469 e. The third kappa shape index (κ3) is 10.3. The molecule has 2 N–H and O–H groups in total. The molecule has 0 bridgehead atoms. The molecule has 0 unspecified atom stereocenters. The van der Waals surface area contributed by atoms with E-state index < -0.39 is 60.2 Å². The number of hydrogen-bond acceptors (Lipinski definition) is 11. The predicted molar refractivity (Wildman–Crippen MR) is 187 cm³/mol. The van der Waals surface area contributed by atoms with Gasteiger partial charge in [-0.3, -0.25) is 4.52 Å². The van der Waals surface area contributed by atoms with Crippen LogP contribution in [0.5, 0.6) is 0 Å². The first kappa shape index (κ1) is 40.1. The maximum atomic E-state index is 15.8. The number of halogens is 3. The number of phosphoric ester groups is 1. The Morgan fingerprint density at radius 3 is 2.44 bits per heavy atom. The highest BCUT2D eigenvalue weighted by Crippen LogP contribution is 2.43. The van der Waals surface area contributed by atoms with Crippen molar-refractivity contribution in [3.8, 4) is 12.1 Å². The number of carbonyl (C=O) groups excluding carboxylic acids is 1. The molecule has 0 spiro atoms. The fourth-order valence-corrected chi connectivity index (χ4v) is 7.15. The standard InChI is InChI=1S/C36H31F3N5O8PS/c1-23(54-29-18-49-34(50-19-29)5-3-2-4-26-8-6-25(16-41)13-32(26)38)36(20-44-22-42-21-43-44,31-11-9-28(37)14-33(31)39)52-35(45)30-10-7-24(15-40)12-27(30)17-51-53(46,47)48/h2-14,21-23,29,34H,17-20H2,1H3,(H2,46,47,48)/t23-,29?,34?,36-/m1/s1. The molecule has 1 saturated heterocycles. The van der Waals surface area contributed by atoms with Crippen molar-refractivity contribution in [2.75, 3.05) is 13.2 Å². The van der Waals surface area contributed by atoms with Gasteiger partial charge < -0.3 is 24.0 Å². The monoisotopic (exact) mass is 781 g/mol. The number of allylic oxidation sites excluding steroid dienone is 2. The van der Waals surface area contributed by atoms with Crippen LogP contribution in [0.3, 0.4) is 0 Å². The molecule has 1 aliphatic rings. The van der Waals surface area contributed by atoms with Crippen LogP contribution in [0.1, 0.15) is 45.1 Å². The Balaban J connectivity index is 1.40. The van der Waals surface area contributed by atoms with E-state index in [4.69, 9.17) is 19.5 Å². The molecule has 1 aliphatic heterocycles. The van der Waals surface area contributed by atoms with Crippen molar-refractivity contribution >= 4 is 31.6 Å². The highest BCUT2D eigenvalue weighted by molar-refractivity contribution is 8.00. The van der Waals surface area contributed by atoms with Gasteiger partial charge in [0, 0.05) is 22.4 Å². The lowest BCUT2D eigenvalue weighted by molar-refractivity contribution is -0.146.